The van der Waals surface area contributed by atoms with Gasteiger partial charge < -0.3 is 10.5 Å². The van der Waals surface area contributed by atoms with Gasteiger partial charge in [-0.05, 0) is 18.1 Å². The van der Waals surface area contributed by atoms with Gasteiger partial charge in [-0.3, -0.25) is 0 Å². The molecule has 2 nitrogen and oxygen atoms in total. The number of nitrogens with two attached hydrogens (primary N) is 1. The van der Waals surface area contributed by atoms with Crippen LogP contribution < -0.4 is 5.73 Å². The highest BCUT2D eigenvalue weighted by molar-refractivity contribution is 5.33. The molecule has 5 heteroatoms. The molecule has 0 aromatic heterocycles. The Bertz CT molecular complexity index is 358. The second-order valence-electron chi connectivity index (χ2n) is 3.55. The predicted molar refractivity (Wildman–Crippen MR) is 55.0 cm³/mol. The normalized spacial score (nSPS) is 15.9. The molecule has 1 rings (SSSR count). The number of ether oxygens (including phenoxy) is 1. The van der Waals surface area contributed by atoms with Gasteiger partial charge in [0.25, 0.3) is 0 Å². The minimum Gasteiger partial charge on any atom is -0.363 e. The van der Waals surface area contributed by atoms with Crippen LogP contribution in [0.25, 0.3) is 0 Å². The molecule has 2 N–H and O–H groups in total. The monoisotopic (exact) mass is 233 g/mol. The van der Waals surface area contributed by atoms with Crippen molar-refractivity contribution in [3.05, 3.63) is 35.4 Å². The van der Waals surface area contributed by atoms with Crippen molar-refractivity contribution in [3.8, 4) is 0 Å². The second-order valence-corrected chi connectivity index (χ2v) is 3.55. The van der Waals surface area contributed by atoms with Crippen molar-refractivity contribution in [1.29, 1.82) is 0 Å². The second kappa shape index (κ2) is 4.43. The van der Waals surface area contributed by atoms with Crippen LogP contribution in [-0.2, 0) is 10.3 Å². The van der Waals surface area contributed by atoms with Crippen LogP contribution >= 0.6 is 0 Å². The van der Waals surface area contributed by atoms with Gasteiger partial charge in [-0.25, -0.2) is 0 Å². The fraction of sp³-hybridized carbons (Fsp3) is 0.455. The van der Waals surface area contributed by atoms with E-state index in [-0.39, 0.29) is 5.56 Å². The smallest absolute Gasteiger partial charge is 0.363 e. The molecule has 1 aromatic rings. The highest BCUT2D eigenvalue weighted by Crippen LogP contribution is 2.42. The molecule has 0 radical (unpaired) electrons. The van der Waals surface area contributed by atoms with E-state index in [1.54, 1.807) is 19.1 Å². The first-order valence-corrected chi connectivity index (χ1v) is 4.77. The maximum atomic E-state index is 13.0. The van der Waals surface area contributed by atoms with Crippen molar-refractivity contribution in [2.24, 2.45) is 5.73 Å². The summed E-state index contributed by atoms with van der Waals surface area (Å²) in [5, 5.41) is 0. The molecule has 0 saturated carbocycles. The quantitative estimate of drug-likeness (QED) is 0.869. The van der Waals surface area contributed by atoms with Crippen LogP contribution in [0.1, 0.15) is 11.1 Å². The largest absolute Gasteiger partial charge is 0.422 e. The molecule has 0 aliphatic rings. The molecule has 1 aromatic carbocycles. The molecule has 0 bridgehead atoms. The third-order valence-electron chi connectivity index (χ3n) is 2.67. The standard InChI is InChI=1S/C11H14F3NO/c1-8-5-3-4-6-9(8)10(7-15,16-2)11(12,13)14/h3-6H,7,15H2,1-2H3. The molecule has 1 atom stereocenters. The molecule has 0 heterocycles. The summed E-state index contributed by atoms with van der Waals surface area (Å²) in [5.41, 5.74) is 3.41. The zero-order valence-corrected chi connectivity index (χ0v) is 9.14. The molecule has 1 unspecified atom stereocenters. The summed E-state index contributed by atoms with van der Waals surface area (Å²) in [6.07, 6.45) is -4.54. The molecule has 0 amide bonds. The van der Waals surface area contributed by atoms with Crippen LogP contribution in [0, 0.1) is 6.92 Å². The number of alkyl halides is 3. The molecule has 16 heavy (non-hydrogen) atoms. The number of benzene rings is 1. The first-order chi connectivity index (χ1) is 7.39. The Morgan fingerprint density at radius 2 is 1.81 bits per heavy atom. The van der Waals surface area contributed by atoms with Gasteiger partial charge >= 0.3 is 6.18 Å². The van der Waals surface area contributed by atoms with E-state index in [0.717, 1.165) is 7.11 Å². The van der Waals surface area contributed by atoms with Gasteiger partial charge in [-0.1, -0.05) is 24.3 Å². The zero-order valence-electron chi connectivity index (χ0n) is 9.14. The molecule has 0 fully saturated rings. The van der Waals surface area contributed by atoms with Gasteiger partial charge in [0.15, 0.2) is 0 Å². The van der Waals surface area contributed by atoms with Crippen LogP contribution in [0.15, 0.2) is 24.3 Å². The number of hydrogen-bond donors (Lipinski definition) is 1. The molecular formula is C11H14F3NO. The number of aryl methyl sites for hydroxylation is 1. The summed E-state index contributed by atoms with van der Waals surface area (Å²) < 4.78 is 43.8. The zero-order chi connectivity index (χ0) is 12.4. The highest BCUT2D eigenvalue weighted by atomic mass is 19.4. The Balaban J connectivity index is 3.38. The van der Waals surface area contributed by atoms with Gasteiger partial charge in [0, 0.05) is 13.7 Å². The van der Waals surface area contributed by atoms with E-state index < -0.39 is 18.3 Å². The highest BCUT2D eigenvalue weighted by Gasteiger charge is 2.56. The van der Waals surface area contributed by atoms with Crippen molar-refractivity contribution in [3.63, 3.8) is 0 Å². The summed E-state index contributed by atoms with van der Waals surface area (Å²) in [6.45, 7) is 0.961. The first kappa shape index (κ1) is 13.0. The maximum absolute atomic E-state index is 13.0. The van der Waals surface area contributed by atoms with Gasteiger partial charge in [-0.15, -0.1) is 0 Å². The predicted octanol–water partition coefficient (Wildman–Crippen LogP) is 2.36. The lowest BCUT2D eigenvalue weighted by Gasteiger charge is -2.34. The molecule has 0 aliphatic carbocycles. The summed E-state index contributed by atoms with van der Waals surface area (Å²) in [7, 11) is 1.02. The summed E-state index contributed by atoms with van der Waals surface area (Å²) in [4.78, 5) is 0. The Kier molecular flexibility index (Phi) is 3.60. The van der Waals surface area contributed by atoms with E-state index in [9.17, 15) is 13.2 Å². The molecule has 0 saturated heterocycles. The molecular weight excluding hydrogens is 219 g/mol. The average molecular weight is 233 g/mol. The van der Waals surface area contributed by atoms with Crippen molar-refractivity contribution < 1.29 is 17.9 Å². The van der Waals surface area contributed by atoms with Crippen molar-refractivity contribution in [2.45, 2.75) is 18.7 Å². The molecule has 0 aliphatic heterocycles. The van der Waals surface area contributed by atoms with E-state index in [1.807, 2.05) is 0 Å². The maximum Gasteiger partial charge on any atom is 0.422 e. The van der Waals surface area contributed by atoms with Crippen molar-refractivity contribution >= 4 is 0 Å². The fourth-order valence-electron chi connectivity index (χ4n) is 1.71. The SMILES string of the molecule is COC(CN)(c1ccccc1C)C(F)(F)F. The lowest BCUT2D eigenvalue weighted by atomic mass is 9.89. The number of halogens is 3. The van der Waals surface area contributed by atoms with E-state index in [4.69, 9.17) is 5.73 Å². The van der Waals surface area contributed by atoms with Crippen LogP contribution in [0.2, 0.25) is 0 Å². The van der Waals surface area contributed by atoms with Crippen LogP contribution in [0.5, 0.6) is 0 Å². The lowest BCUT2D eigenvalue weighted by molar-refractivity contribution is -0.272. The first-order valence-electron chi connectivity index (χ1n) is 4.77. The van der Waals surface area contributed by atoms with Gasteiger partial charge in [0.2, 0.25) is 5.60 Å². The summed E-state index contributed by atoms with van der Waals surface area (Å²) in [5.74, 6) is 0. The lowest BCUT2D eigenvalue weighted by Crippen LogP contribution is -2.50. The summed E-state index contributed by atoms with van der Waals surface area (Å²) >= 11 is 0. The van der Waals surface area contributed by atoms with Crippen LogP contribution in [0.3, 0.4) is 0 Å². The van der Waals surface area contributed by atoms with Crippen LogP contribution in [-0.4, -0.2) is 19.8 Å². The Morgan fingerprint density at radius 1 is 1.25 bits per heavy atom. The Hall–Kier alpha value is -1.07. The number of methoxy groups -OCH3 is 1. The van der Waals surface area contributed by atoms with E-state index in [0.29, 0.717) is 5.56 Å². The van der Waals surface area contributed by atoms with Gasteiger partial charge in [0.1, 0.15) is 0 Å². The fourth-order valence-corrected chi connectivity index (χ4v) is 1.71. The van der Waals surface area contributed by atoms with E-state index in [1.165, 1.54) is 12.1 Å². The van der Waals surface area contributed by atoms with E-state index in [2.05, 4.69) is 4.74 Å². The van der Waals surface area contributed by atoms with Gasteiger partial charge in [-0.2, -0.15) is 13.2 Å². The minimum absolute atomic E-state index is 0.0625. The topological polar surface area (TPSA) is 35.2 Å². The third kappa shape index (κ3) is 1.92. The summed E-state index contributed by atoms with van der Waals surface area (Å²) in [6, 6.07) is 6.20. The Labute approximate surface area is 92.2 Å². The van der Waals surface area contributed by atoms with Crippen molar-refractivity contribution in [2.75, 3.05) is 13.7 Å². The van der Waals surface area contributed by atoms with Gasteiger partial charge in [0.05, 0.1) is 0 Å². The average Bonchev–Trinajstić information content (AvgIpc) is 2.21. The molecule has 0 spiro atoms. The Morgan fingerprint density at radius 3 is 2.19 bits per heavy atom. The minimum atomic E-state index is -4.54. The van der Waals surface area contributed by atoms with Crippen molar-refractivity contribution in [1.82, 2.24) is 0 Å². The number of hydrogen-bond acceptors (Lipinski definition) is 2. The number of rotatable bonds is 3. The van der Waals surface area contributed by atoms with E-state index >= 15 is 0 Å². The third-order valence-corrected chi connectivity index (χ3v) is 2.67. The molecule has 90 valence electrons. The van der Waals surface area contributed by atoms with Crippen LogP contribution in [0.4, 0.5) is 13.2 Å².